The van der Waals surface area contributed by atoms with Gasteiger partial charge in [-0.2, -0.15) is 0 Å². The summed E-state index contributed by atoms with van der Waals surface area (Å²) in [6.45, 7) is 2.61. The van der Waals surface area contributed by atoms with E-state index in [0.29, 0.717) is 11.6 Å². The zero-order valence-corrected chi connectivity index (χ0v) is 10.2. The first kappa shape index (κ1) is 11.4. The first-order valence-electron chi connectivity index (χ1n) is 6.09. The van der Waals surface area contributed by atoms with Crippen molar-refractivity contribution in [3.63, 3.8) is 0 Å². The van der Waals surface area contributed by atoms with Crippen LogP contribution in [0.2, 0.25) is 0 Å². The Labute approximate surface area is 105 Å². The highest BCUT2D eigenvalue weighted by Gasteiger charge is 2.38. The van der Waals surface area contributed by atoms with Crippen LogP contribution in [0.5, 0.6) is 5.75 Å². The first-order valence-corrected chi connectivity index (χ1v) is 6.09. The van der Waals surface area contributed by atoms with E-state index in [1.54, 1.807) is 12.3 Å². The Morgan fingerprint density at radius 2 is 2.44 bits per heavy atom. The molecule has 18 heavy (non-hydrogen) atoms. The van der Waals surface area contributed by atoms with Crippen molar-refractivity contribution in [3.05, 3.63) is 18.3 Å². The summed E-state index contributed by atoms with van der Waals surface area (Å²) in [4.78, 5) is 18.3. The number of amides is 1. The van der Waals surface area contributed by atoms with E-state index < -0.39 is 6.10 Å². The maximum atomic E-state index is 12.1. The number of nitrogens with one attached hydrogen (secondary N) is 2. The second-order valence-electron chi connectivity index (χ2n) is 4.63. The maximum Gasteiger partial charge on any atom is 0.268 e. The molecule has 0 radical (unpaired) electrons. The lowest BCUT2D eigenvalue weighted by Crippen LogP contribution is -2.60. The number of ether oxygens (including phenoxy) is 1. The fourth-order valence-corrected chi connectivity index (χ4v) is 2.38. The minimum absolute atomic E-state index is 0.0482. The van der Waals surface area contributed by atoms with Gasteiger partial charge in [-0.05, 0) is 19.2 Å². The molecule has 0 spiro atoms. The second kappa shape index (κ2) is 4.55. The quantitative estimate of drug-likeness (QED) is 0.713. The molecule has 0 aromatic carbocycles. The van der Waals surface area contributed by atoms with Crippen molar-refractivity contribution in [1.82, 2.24) is 15.2 Å². The van der Waals surface area contributed by atoms with Gasteiger partial charge in [-0.1, -0.05) is 0 Å². The molecule has 0 bridgehead atoms. The van der Waals surface area contributed by atoms with Crippen LogP contribution < -0.4 is 15.4 Å². The molecule has 96 valence electrons. The van der Waals surface area contributed by atoms with Gasteiger partial charge in [-0.15, -0.1) is 0 Å². The van der Waals surface area contributed by atoms with Gasteiger partial charge in [-0.25, -0.2) is 4.98 Å². The average molecular weight is 248 g/mol. The lowest BCUT2D eigenvalue weighted by atomic mass is 10.1. The fourth-order valence-electron chi connectivity index (χ4n) is 2.38. The van der Waals surface area contributed by atoms with Gasteiger partial charge in [-0.3, -0.25) is 9.69 Å². The molecular weight excluding hydrogens is 232 g/mol. The topological polar surface area (TPSA) is 66.5 Å². The molecule has 1 amide bonds. The van der Waals surface area contributed by atoms with Crippen LogP contribution in [0.25, 0.3) is 0 Å². The number of aromatic nitrogens is 1. The van der Waals surface area contributed by atoms with Gasteiger partial charge in [0.15, 0.2) is 17.7 Å². The van der Waals surface area contributed by atoms with Crippen LogP contribution in [-0.4, -0.2) is 54.6 Å². The number of hydrogen-bond donors (Lipinski definition) is 2. The highest BCUT2D eigenvalue weighted by Crippen LogP contribution is 2.28. The third-order valence-corrected chi connectivity index (χ3v) is 3.44. The van der Waals surface area contributed by atoms with E-state index in [0.717, 1.165) is 19.6 Å². The van der Waals surface area contributed by atoms with Crippen molar-refractivity contribution in [2.24, 2.45) is 0 Å². The van der Waals surface area contributed by atoms with E-state index >= 15 is 0 Å². The number of piperazine rings is 1. The van der Waals surface area contributed by atoms with Crippen molar-refractivity contribution in [2.75, 3.05) is 32.0 Å². The summed E-state index contributed by atoms with van der Waals surface area (Å²) in [5.41, 5.74) is 0. The Balaban J connectivity index is 1.84. The molecule has 0 aliphatic carbocycles. The summed E-state index contributed by atoms with van der Waals surface area (Å²) in [5, 5.41) is 6.09. The van der Waals surface area contributed by atoms with Crippen molar-refractivity contribution in [1.29, 1.82) is 0 Å². The number of fused-ring (bicyclic) bond motifs is 1. The number of carbonyl (C=O) groups excluding carboxylic acids is 1. The van der Waals surface area contributed by atoms with E-state index in [2.05, 4.69) is 20.5 Å². The van der Waals surface area contributed by atoms with Crippen LogP contribution in [0, 0.1) is 0 Å². The van der Waals surface area contributed by atoms with Crippen LogP contribution in [0.3, 0.4) is 0 Å². The molecule has 2 unspecified atom stereocenters. The zero-order chi connectivity index (χ0) is 12.5. The van der Waals surface area contributed by atoms with E-state index in [1.165, 1.54) is 0 Å². The molecule has 1 aromatic heterocycles. The number of nitrogens with zero attached hydrogens (tertiary/aromatic N) is 2. The summed E-state index contributed by atoms with van der Waals surface area (Å²) >= 11 is 0. The molecule has 2 N–H and O–H groups in total. The zero-order valence-electron chi connectivity index (χ0n) is 10.2. The molecule has 3 heterocycles. The van der Waals surface area contributed by atoms with Crippen molar-refractivity contribution >= 4 is 11.7 Å². The third-order valence-electron chi connectivity index (χ3n) is 3.44. The van der Waals surface area contributed by atoms with Gasteiger partial charge in [0.2, 0.25) is 0 Å². The number of rotatable bonds is 1. The van der Waals surface area contributed by atoms with Crippen molar-refractivity contribution in [2.45, 2.75) is 12.1 Å². The Kier molecular flexibility index (Phi) is 2.89. The molecule has 0 saturated carbocycles. The number of likely N-dealkylation sites (N-methyl/N-ethyl adjacent to an activating group) is 1. The second-order valence-corrected chi connectivity index (χ2v) is 4.63. The maximum absolute atomic E-state index is 12.1. The van der Waals surface area contributed by atoms with Crippen LogP contribution in [0.1, 0.15) is 0 Å². The number of pyridine rings is 1. The molecule has 1 fully saturated rings. The lowest BCUT2D eigenvalue weighted by Gasteiger charge is -2.39. The molecule has 2 atom stereocenters. The highest BCUT2D eigenvalue weighted by atomic mass is 16.5. The third kappa shape index (κ3) is 1.93. The summed E-state index contributed by atoms with van der Waals surface area (Å²) in [5.74, 6) is 1.02. The van der Waals surface area contributed by atoms with Crippen LogP contribution >= 0.6 is 0 Å². The Hall–Kier alpha value is -1.66. The minimum atomic E-state index is -0.487. The molecule has 1 aromatic rings. The monoisotopic (exact) mass is 248 g/mol. The average Bonchev–Trinajstić information content (AvgIpc) is 2.39. The molecule has 3 rings (SSSR count). The first-order chi connectivity index (χ1) is 8.75. The summed E-state index contributed by atoms with van der Waals surface area (Å²) in [6, 6.07) is 3.67. The smallest absolute Gasteiger partial charge is 0.268 e. The SMILES string of the molecule is CN1CCNCC1C1Oc2cccnc2NC1=O. The fraction of sp³-hybridized carbons (Fsp3) is 0.500. The van der Waals surface area contributed by atoms with Gasteiger partial charge in [0.05, 0.1) is 6.04 Å². The number of anilines is 1. The lowest BCUT2D eigenvalue weighted by molar-refractivity contribution is -0.126. The molecule has 6 nitrogen and oxygen atoms in total. The van der Waals surface area contributed by atoms with E-state index in [1.807, 2.05) is 13.1 Å². The Morgan fingerprint density at radius 3 is 3.28 bits per heavy atom. The molecule has 2 aliphatic heterocycles. The van der Waals surface area contributed by atoms with Gasteiger partial charge in [0.25, 0.3) is 5.91 Å². The normalized spacial score (nSPS) is 28.2. The van der Waals surface area contributed by atoms with Gasteiger partial charge < -0.3 is 15.4 Å². The minimum Gasteiger partial charge on any atom is -0.475 e. The largest absolute Gasteiger partial charge is 0.475 e. The standard InChI is InChI=1S/C12H16N4O2/c1-16-6-5-13-7-8(16)10-12(17)15-11-9(18-10)3-2-4-14-11/h2-4,8,10,13H,5-7H2,1H3,(H,14,15,17). The predicted octanol–water partition coefficient (Wildman–Crippen LogP) is -0.315. The van der Waals surface area contributed by atoms with E-state index in [4.69, 9.17) is 4.74 Å². The Bertz CT molecular complexity index is 465. The molecule has 6 heteroatoms. The number of carbonyl (C=O) groups is 1. The van der Waals surface area contributed by atoms with Gasteiger partial charge in [0, 0.05) is 25.8 Å². The molecule has 1 saturated heterocycles. The van der Waals surface area contributed by atoms with E-state index in [9.17, 15) is 4.79 Å². The van der Waals surface area contributed by atoms with Crippen LogP contribution in [0.15, 0.2) is 18.3 Å². The summed E-state index contributed by atoms with van der Waals surface area (Å²) in [7, 11) is 2.01. The highest BCUT2D eigenvalue weighted by molar-refractivity contribution is 5.97. The predicted molar refractivity (Wildman–Crippen MR) is 66.6 cm³/mol. The summed E-state index contributed by atoms with van der Waals surface area (Å²) in [6.07, 6.45) is 1.15. The van der Waals surface area contributed by atoms with Crippen LogP contribution in [-0.2, 0) is 4.79 Å². The number of hydrogen-bond acceptors (Lipinski definition) is 5. The van der Waals surface area contributed by atoms with E-state index in [-0.39, 0.29) is 11.9 Å². The van der Waals surface area contributed by atoms with Crippen LogP contribution in [0.4, 0.5) is 5.82 Å². The van der Waals surface area contributed by atoms with Crippen molar-refractivity contribution < 1.29 is 9.53 Å². The van der Waals surface area contributed by atoms with Gasteiger partial charge >= 0.3 is 0 Å². The Morgan fingerprint density at radius 1 is 1.56 bits per heavy atom. The molecular formula is C12H16N4O2. The molecule has 2 aliphatic rings. The van der Waals surface area contributed by atoms with Crippen molar-refractivity contribution in [3.8, 4) is 5.75 Å². The van der Waals surface area contributed by atoms with Gasteiger partial charge in [0.1, 0.15) is 0 Å². The summed E-state index contributed by atoms with van der Waals surface area (Å²) < 4.78 is 5.80.